The van der Waals surface area contributed by atoms with Gasteiger partial charge in [0.05, 0.1) is 12.0 Å². The number of aromatic nitrogens is 3. The molecular formula is C18H20N4O. The lowest BCUT2D eigenvalue weighted by molar-refractivity contribution is -0.123. The van der Waals surface area contributed by atoms with Gasteiger partial charge in [-0.3, -0.25) is 9.20 Å². The number of fused-ring (bicyclic) bond motifs is 1. The van der Waals surface area contributed by atoms with Crippen LogP contribution in [0.4, 0.5) is 0 Å². The Morgan fingerprint density at radius 2 is 1.87 bits per heavy atom. The van der Waals surface area contributed by atoms with Gasteiger partial charge in [0.15, 0.2) is 11.5 Å². The number of carbonyl (C=O) groups excluding carboxylic acids is 1. The molecule has 0 spiro atoms. The van der Waals surface area contributed by atoms with Gasteiger partial charge in [-0.2, -0.15) is 0 Å². The average Bonchev–Trinajstić information content (AvgIpc) is 3.00. The maximum Gasteiger partial charge on any atom is 0.228 e. The van der Waals surface area contributed by atoms with Crippen molar-refractivity contribution in [3.63, 3.8) is 0 Å². The quantitative estimate of drug-likeness (QED) is 0.788. The van der Waals surface area contributed by atoms with Gasteiger partial charge in [0, 0.05) is 6.20 Å². The molecule has 0 aliphatic heterocycles. The maximum absolute atomic E-state index is 12.6. The van der Waals surface area contributed by atoms with Crippen LogP contribution in [0.2, 0.25) is 0 Å². The minimum absolute atomic E-state index is 0.0129. The summed E-state index contributed by atoms with van der Waals surface area (Å²) in [5.74, 6) is 0.591. The molecule has 5 heteroatoms. The van der Waals surface area contributed by atoms with Crippen LogP contribution in [0.15, 0.2) is 54.7 Å². The summed E-state index contributed by atoms with van der Waals surface area (Å²) in [6.07, 6.45) is 2.66. The van der Waals surface area contributed by atoms with Gasteiger partial charge in [-0.05, 0) is 31.0 Å². The highest BCUT2D eigenvalue weighted by Gasteiger charge is 2.22. The Bertz CT molecular complexity index is 797. The fourth-order valence-electron chi connectivity index (χ4n) is 2.79. The van der Waals surface area contributed by atoms with Crippen LogP contribution in [-0.2, 0) is 4.79 Å². The number of amides is 1. The monoisotopic (exact) mass is 308 g/mol. The second-order valence-electron chi connectivity index (χ2n) is 5.59. The van der Waals surface area contributed by atoms with Crippen LogP contribution in [0.1, 0.15) is 43.6 Å². The predicted octanol–water partition coefficient (Wildman–Crippen LogP) is 3.10. The summed E-state index contributed by atoms with van der Waals surface area (Å²) in [6.45, 7) is 3.95. The zero-order valence-corrected chi connectivity index (χ0v) is 13.3. The van der Waals surface area contributed by atoms with Crippen LogP contribution in [-0.4, -0.2) is 20.5 Å². The van der Waals surface area contributed by atoms with E-state index in [1.807, 2.05) is 73.0 Å². The van der Waals surface area contributed by atoms with Crippen molar-refractivity contribution in [3.05, 3.63) is 66.1 Å². The van der Waals surface area contributed by atoms with Gasteiger partial charge in [0.1, 0.15) is 0 Å². The molecule has 0 fully saturated rings. The lowest BCUT2D eigenvalue weighted by Gasteiger charge is -2.18. The molecule has 1 aromatic carbocycles. The molecule has 118 valence electrons. The van der Waals surface area contributed by atoms with E-state index in [0.29, 0.717) is 0 Å². The van der Waals surface area contributed by atoms with Gasteiger partial charge in [-0.15, -0.1) is 10.2 Å². The molecule has 0 saturated carbocycles. The van der Waals surface area contributed by atoms with Crippen molar-refractivity contribution in [2.75, 3.05) is 0 Å². The number of hydrogen-bond donors (Lipinski definition) is 1. The van der Waals surface area contributed by atoms with E-state index in [1.165, 1.54) is 0 Å². The summed E-state index contributed by atoms with van der Waals surface area (Å²) in [4.78, 5) is 12.6. The van der Waals surface area contributed by atoms with E-state index in [-0.39, 0.29) is 17.9 Å². The lowest BCUT2D eigenvalue weighted by Crippen LogP contribution is -2.32. The van der Waals surface area contributed by atoms with E-state index in [2.05, 4.69) is 15.5 Å². The Kier molecular flexibility index (Phi) is 4.37. The van der Waals surface area contributed by atoms with Gasteiger partial charge in [0.25, 0.3) is 0 Å². The first-order chi connectivity index (χ1) is 11.2. The number of rotatable bonds is 5. The number of nitrogens with zero attached hydrogens (tertiary/aromatic N) is 3. The smallest absolute Gasteiger partial charge is 0.228 e. The summed E-state index contributed by atoms with van der Waals surface area (Å²) >= 11 is 0. The van der Waals surface area contributed by atoms with E-state index in [1.54, 1.807) is 0 Å². The third-order valence-electron chi connectivity index (χ3n) is 4.01. The Morgan fingerprint density at radius 3 is 2.61 bits per heavy atom. The van der Waals surface area contributed by atoms with Gasteiger partial charge in [-0.25, -0.2) is 0 Å². The highest BCUT2D eigenvalue weighted by molar-refractivity contribution is 5.83. The molecule has 2 unspecified atom stereocenters. The van der Waals surface area contributed by atoms with E-state index in [4.69, 9.17) is 0 Å². The normalized spacial score (nSPS) is 13.7. The number of benzene rings is 1. The zero-order chi connectivity index (χ0) is 16.2. The van der Waals surface area contributed by atoms with Gasteiger partial charge >= 0.3 is 0 Å². The van der Waals surface area contributed by atoms with Crippen LogP contribution in [0, 0.1) is 0 Å². The number of hydrogen-bond acceptors (Lipinski definition) is 3. The highest BCUT2D eigenvalue weighted by atomic mass is 16.1. The number of carbonyl (C=O) groups is 1. The summed E-state index contributed by atoms with van der Waals surface area (Å²) in [5, 5.41) is 11.4. The van der Waals surface area contributed by atoms with E-state index < -0.39 is 0 Å². The molecular weight excluding hydrogens is 288 g/mol. The van der Waals surface area contributed by atoms with E-state index in [9.17, 15) is 4.79 Å². The van der Waals surface area contributed by atoms with Crippen LogP contribution in [0.5, 0.6) is 0 Å². The first-order valence-electron chi connectivity index (χ1n) is 7.85. The highest BCUT2D eigenvalue weighted by Crippen LogP contribution is 2.21. The molecule has 2 aromatic heterocycles. The van der Waals surface area contributed by atoms with Crippen molar-refractivity contribution in [3.8, 4) is 0 Å². The second-order valence-corrected chi connectivity index (χ2v) is 5.59. The van der Waals surface area contributed by atoms with E-state index >= 15 is 0 Å². The summed E-state index contributed by atoms with van der Waals surface area (Å²) in [6, 6.07) is 15.4. The van der Waals surface area contributed by atoms with Crippen molar-refractivity contribution < 1.29 is 4.79 Å². The molecule has 0 aliphatic carbocycles. The van der Waals surface area contributed by atoms with Crippen molar-refractivity contribution in [2.45, 2.75) is 32.2 Å². The second kappa shape index (κ2) is 6.60. The third kappa shape index (κ3) is 3.08. The Hall–Kier alpha value is -2.69. The largest absolute Gasteiger partial charge is 0.346 e. The van der Waals surface area contributed by atoms with Crippen LogP contribution in [0.3, 0.4) is 0 Å². The van der Waals surface area contributed by atoms with Gasteiger partial charge < -0.3 is 5.32 Å². The molecule has 0 saturated heterocycles. The Labute approximate surface area is 135 Å². The standard InChI is InChI=1S/C18H20N4O/c1-3-15(14-9-5-4-6-10-14)18(23)19-13(2)17-21-20-16-11-7-8-12-22(16)17/h4-13,15H,3H2,1-2H3,(H,19,23). The summed E-state index contributed by atoms with van der Waals surface area (Å²) in [5.41, 5.74) is 1.81. The van der Waals surface area contributed by atoms with Crippen molar-refractivity contribution >= 4 is 11.6 Å². The van der Waals surface area contributed by atoms with Crippen LogP contribution in [0.25, 0.3) is 5.65 Å². The third-order valence-corrected chi connectivity index (χ3v) is 4.01. The van der Waals surface area contributed by atoms with Crippen molar-refractivity contribution in [1.82, 2.24) is 19.9 Å². The molecule has 1 amide bonds. The Balaban J connectivity index is 1.79. The molecule has 3 rings (SSSR count). The zero-order valence-electron chi connectivity index (χ0n) is 13.3. The predicted molar refractivity (Wildman–Crippen MR) is 89.0 cm³/mol. The maximum atomic E-state index is 12.6. The molecule has 5 nitrogen and oxygen atoms in total. The molecule has 1 N–H and O–H groups in total. The molecule has 2 atom stereocenters. The first kappa shape index (κ1) is 15.2. The minimum atomic E-state index is -0.210. The lowest BCUT2D eigenvalue weighted by atomic mass is 9.95. The topological polar surface area (TPSA) is 59.3 Å². The van der Waals surface area contributed by atoms with E-state index in [0.717, 1.165) is 23.5 Å². The molecule has 0 aliphatic rings. The van der Waals surface area contributed by atoms with Crippen molar-refractivity contribution in [2.24, 2.45) is 0 Å². The molecule has 3 aromatic rings. The first-order valence-corrected chi connectivity index (χ1v) is 7.85. The number of pyridine rings is 1. The Morgan fingerprint density at radius 1 is 1.13 bits per heavy atom. The van der Waals surface area contributed by atoms with Gasteiger partial charge in [-0.1, -0.05) is 43.3 Å². The number of nitrogens with one attached hydrogen (secondary N) is 1. The van der Waals surface area contributed by atoms with Gasteiger partial charge in [0.2, 0.25) is 5.91 Å². The van der Waals surface area contributed by atoms with Crippen LogP contribution < -0.4 is 5.32 Å². The van der Waals surface area contributed by atoms with Crippen molar-refractivity contribution in [1.29, 1.82) is 0 Å². The fourth-order valence-corrected chi connectivity index (χ4v) is 2.79. The molecule has 2 heterocycles. The molecule has 0 radical (unpaired) electrons. The molecule has 0 bridgehead atoms. The fraction of sp³-hybridized carbons (Fsp3) is 0.278. The summed E-state index contributed by atoms with van der Waals surface area (Å²) in [7, 11) is 0. The summed E-state index contributed by atoms with van der Waals surface area (Å²) < 4.78 is 1.90. The minimum Gasteiger partial charge on any atom is -0.346 e. The SMILES string of the molecule is CCC(C(=O)NC(C)c1nnc2ccccn12)c1ccccc1. The average molecular weight is 308 g/mol. The molecule has 23 heavy (non-hydrogen) atoms. The van der Waals surface area contributed by atoms with Crippen LogP contribution >= 0.6 is 0 Å².